The van der Waals surface area contributed by atoms with Gasteiger partial charge in [0.15, 0.2) is 5.13 Å². The van der Waals surface area contributed by atoms with Crippen LogP contribution >= 0.6 is 22.7 Å². The summed E-state index contributed by atoms with van der Waals surface area (Å²) in [4.78, 5) is 30.5. The molecule has 2 N–H and O–H groups in total. The van der Waals surface area contributed by atoms with Crippen molar-refractivity contribution < 1.29 is 9.59 Å². The summed E-state index contributed by atoms with van der Waals surface area (Å²) < 4.78 is 0. The highest BCUT2D eigenvalue weighted by Gasteiger charge is 2.30. The van der Waals surface area contributed by atoms with Crippen molar-refractivity contribution >= 4 is 44.6 Å². The number of thiophene rings is 1. The molecule has 7 heteroatoms. The Morgan fingerprint density at radius 3 is 2.67 bits per heavy atom. The first kappa shape index (κ1) is 17.9. The number of carbonyl (C=O) groups excluding carboxylic acids is 2. The van der Waals surface area contributed by atoms with E-state index in [1.54, 1.807) is 6.20 Å². The molecule has 4 rings (SSSR count). The highest BCUT2D eigenvalue weighted by molar-refractivity contribution is 7.18. The lowest BCUT2D eigenvalue weighted by atomic mass is 10.1. The van der Waals surface area contributed by atoms with Gasteiger partial charge in [0, 0.05) is 23.4 Å². The number of benzene rings is 1. The average molecular weight is 398 g/mol. The number of carbonyl (C=O) groups is 2. The van der Waals surface area contributed by atoms with Crippen LogP contribution in [-0.4, -0.2) is 16.8 Å². The summed E-state index contributed by atoms with van der Waals surface area (Å²) in [6, 6.07) is 12.0. The van der Waals surface area contributed by atoms with Crippen LogP contribution in [0.3, 0.4) is 0 Å². The molecule has 1 fully saturated rings. The van der Waals surface area contributed by atoms with Crippen LogP contribution in [0, 0.1) is 12.8 Å². The van der Waals surface area contributed by atoms with E-state index in [4.69, 9.17) is 0 Å². The van der Waals surface area contributed by atoms with Crippen LogP contribution in [-0.2, 0) is 11.2 Å². The Morgan fingerprint density at radius 2 is 1.93 bits per heavy atom. The molecule has 0 atom stereocenters. The highest BCUT2D eigenvalue weighted by atomic mass is 32.1. The third kappa shape index (κ3) is 4.43. The maximum Gasteiger partial charge on any atom is 0.267 e. The van der Waals surface area contributed by atoms with E-state index in [0.717, 1.165) is 34.7 Å². The second-order valence-electron chi connectivity index (χ2n) is 6.63. The molecule has 1 saturated carbocycles. The molecular formula is C20H19N3O2S2. The SMILES string of the molecule is Cc1cc(NC(=O)C2CC2)sc1C(=O)Nc1ncc(Cc2ccccc2)s1. The van der Waals surface area contributed by atoms with Gasteiger partial charge in [0.2, 0.25) is 5.91 Å². The summed E-state index contributed by atoms with van der Waals surface area (Å²) >= 11 is 2.78. The highest BCUT2D eigenvalue weighted by Crippen LogP contribution is 2.33. The smallest absolute Gasteiger partial charge is 0.267 e. The van der Waals surface area contributed by atoms with E-state index < -0.39 is 0 Å². The normalized spacial score (nSPS) is 13.4. The van der Waals surface area contributed by atoms with Gasteiger partial charge in [-0.1, -0.05) is 30.3 Å². The molecule has 1 aromatic carbocycles. The predicted octanol–water partition coefficient (Wildman–Crippen LogP) is 4.70. The van der Waals surface area contributed by atoms with E-state index in [-0.39, 0.29) is 17.7 Å². The molecule has 0 bridgehead atoms. The third-order valence-corrected chi connectivity index (χ3v) is 6.38. The summed E-state index contributed by atoms with van der Waals surface area (Å²) in [6.45, 7) is 1.88. The van der Waals surface area contributed by atoms with Crippen molar-refractivity contribution in [3.8, 4) is 0 Å². The molecule has 138 valence electrons. The van der Waals surface area contributed by atoms with E-state index in [1.807, 2.05) is 31.2 Å². The molecule has 1 aliphatic rings. The van der Waals surface area contributed by atoms with Crippen LogP contribution in [0.2, 0.25) is 0 Å². The van der Waals surface area contributed by atoms with Gasteiger partial charge in [-0.2, -0.15) is 0 Å². The molecule has 0 unspecified atom stereocenters. The van der Waals surface area contributed by atoms with Gasteiger partial charge in [-0.3, -0.25) is 14.9 Å². The number of thiazole rings is 1. The standard InChI is InChI=1S/C20H19N3O2S2/c1-12-9-16(22-18(24)14-7-8-14)27-17(12)19(25)23-20-21-11-15(26-20)10-13-5-3-2-4-6-13/h2-6,9,11,14H,7-8,10H2,1H3,(H,22,24)(H,21,23,25). The Balaban J connectivity index is 1.40. The molecule has 0 spiro atoms. The summed E-state index contributed by atoms with van der Waals surface area (Å²) in [6.07, 6.45) is 4.51. The van der Waals surface area contributed by atoms with Crippen molar-refractivity contribution in [2.45, 2.75) is 26.2 Å². The zero-order valence-corrected chi connectivity index (χ0v) is 16.5. The lowest BCUT2D eigenvalue weighted by molar-refractivity contribution is -0.117. The molecule has 3 aromatic rings. The fraction of sp³-hybridized carbons (Fsp3) is 0.250. The molecule has 2 aromatic heterocycles. The van der Waals surface area contributed by atoms with Crippen molar-refractivity contribution in [3.63, 3.8) is 0 Å². The molecule has 2 amide bonds. The topological polar surface area (TPSA) is 71.1 Å². The first-order chi connectivity index (χ1) is 13.1. The number of aromatic nitrogens is 1. The summed E-state index contributed by atoms with van der Waals surface area (Å²) in [7, 11) is 0. The van der Waals surface area contributed by atoms with Gasteiger partial charge in [0.05, 0.1) is 9.88 Å². The minimum atomic E-state index is -0.190. The largest absolute Gasteiger partial charge is 0.317 e. The van der Waals surface area contributed by atoms with E-state index in [0.29, 0.717) is 10.0 Å². The second kappa shape index (κ2) is 7.62. The lowest BCUT2D eigenvalue weighted by Crippen LogP contribution is -2.12. The molecule has 1 aliphatic carbocycles. The molecule has 2 heterocycles. The number of aryl methyl sites for hydroxylation is 1. The van der Waals surface area contributed by atoms with E-state index >= 15 is 0 Å². The van der Waals surface area contributed by atoms with Gasteiger partial charge < -0.3 is 5.32 Å². The van der Waals surface area contributed by atoms with Gasteiger partial charge in [-0.05, 0) is 37.0 Å². The number of nitrogens with zero attached hydrogens (tertiary/aromatic N) is 1. The molecule has 0 saturated heterocycles. The maximum atomic E-state index is 12.6. The predicted molar refractivity (Wildman–Crippen MR) is 110 cm³/mol. The Labute approximate surface area is 165 Å². The van der Waals surface area contributed by atoms with Crippen molar-refractivity contribution in [2.75, 3.05) is 10.6 Å². The van der Waals surface area contributed by atoms with Crippen LogP contribution in [0.1, 0.15) is 38.5 Å². The number of amides is 2. The van der Waals surface area contributed by atoms with Crippen LogP contribution in [0.5, 0.6) is 0 Å². The first-order valence-corrected chi connectivity index (χ1v) is 10.4. The summed E-state index contributed by atoms with van der Waals surface area (Å²) in [5.74, 6) is 0.00162. The zero-order valence-electron chi connectivity index (χ0n) is 14.8. The zero-order chi connectivity index (χ0) is 18.8. The van der Waals surface area contributed by atoms with Crippen LogP contribution < -0.4 is 10.6 Å². The summed E-state index contributed by atoms with van der Waals surface area (Å²) in [5, 5.41) is 7.08. The van der Waals surface area contributed by atoms with Crippen molar-refractivity contribution in [1.82, 2.24) is 4.98 Å². The molecule has 0 aliphatic heterocycles. The Bertz CT molecular complexity index is 974. The molecular weight excluding hydrogens is 378 g/mol. The average Bonchev–Trinajstić information content (AvgIpc) is 3.32. The lowest BCUT2D eigenvalue weighted by Gasteiger charge is -2.00. The monoisotopic (exact) mass is 397 g/mol. The van der Waals surface area contributed by atoms with Gasteiger partial charge in [-0.25, -0.2) is 4.98 Å². The second-order valence-corrected chi connectivity index (χ2v) is 8.80. The van der Waals surface area contributed by atoms with Gasteiger partial charge in [-0.15, -0.1) is 22.7 Å². The fourth-order valence-electron chi connectivity index (χ4n) is 2.74. The van der Waals surface area contributed by atoms with E-state index in [9.17, 15) is 9.59 Å². The molecule has 0 radical (unpaired) electrons. The van der Waals surface area contributed by atoms with Crippen LogP contribution in [0.4, 0.5) is 10.1 Å². The Morgan fingerprint density at radius 1 is 1.15 bits per heavy atom. The van der Waals surface area contributed by atoms with Crippen LogP contribution in [0.25, 0.3) is 0 Å². The quantitative estimate of drug-likeness (QED) is 0.633. The fourth-order valence-corrected chi connectivity index (χ4v) is 4.55. The Kier molecular flexibility index (Phi) is 5.05. The van der Waals surface area contributed by atoms with Crippen LogP contribution in [0.15, 0.2) is 42.6 Å². The van der Waals surface area contributed by atoms with Gasteiger partial charge >= 0.3 is 0 Å². The third-order valence-electron chi connectivity index (χ3n) is 4.31. The van der Waals surface area contributed by atoms with Gasteiger partial charge in [0.1, 0.15) is 0 Å². The van der Waals surface area contributed by atoms with Crippen molar-refractivity contribution in [2.24, 2.45) is 5.92 Å². The molecule has 27 heavy (non-hydrogen) atoms. The van der Waals surface area contributed by atoms with Gasteiger partial charge in [0.25, 0.3) is 5.91 Å². The number of hydrogen-bond donors (Lipinski definition) is 2. The minimum Gasteiger partial charge on any atom is -0.317 e. The number of nitrogens with one attached hydrogen (secondary N) is 2. The number of hydrogen-bond acceptors (Lipinski definition) is 5. The molecule has 5 nitrogen and oxygen atoms in total. The van der Waals surface area contributed by atoms with E-state index in [2.05, 4.69) is 27.8 Å². The van der Waals surface area contributed by atoms with Crippen molar-refractivity contribution in [1.29, 1.82) is 0 Å². The Hall–Kier alpha value is -2.51. The van der Waals surface area contributed by atoms with E-state index in [1.165, 1.54) is 28.2 Å². The number of anilines is 2. The van der Waals surface area contributed by atoms with Crippen molar-refractivity contribution in [3.05, 3.63) is 63.5 Å². The summed E-state index contributed by atoms with van der Waals surface area (Å²) in [5.41, 5.74) is 2.06. The maximum absolute atomic E-state index is 12.6. The number of rotatable bonds is 6. The first-order valence-electron chi connectivity index (χ1n) is 8.80. The minimum absolute atomic E-state index is 0.0497.